The van der Waals surface area contributed by atoms with Crippen molar-refractivity contribution in [3.05, 3.63) is 0 Å². The van der Waals surface area contributed by atoms with E-state index in [-0.39, 0.29) is 18.1 Å². The van der Waals surface area contributed by atoms with Crippen LogP contribution in [0.4, 0.5) is 0 Å². The van der Waals surface area contributed by atoms with Gasteiger partial charge in [0.25, 0.3) is 5.91 Å². The monoisotopic (exact) mass is 269 g/mol. The van der Waals surface area contributed by atoms with Crippen LogP contribution in [0.1, 0.15) is 45.4 Å². The number of nitrogens with two attached hydrogens (primary N) is 1. The number of likely N-dealkylation sites (tertiary alicyclic amines) is 1. The molecular weight excluding hydrogens is 242 g/mol. The molecule has 0 aromatic carbocycles. The molecule has 0 saturated carbocycles. The summed E-state index contributed by atoms with van der Waals surface area (Å²) in [6, 6.07) is 0. The summed E-state index contributed by atoms with van der Waals surface area (Å²) in [6.07, 6.45) is 6.85. The Labute approximate surface area is 115 Å². The van der Waals surface area contributed by atoms with Crippen LogP contribution in [0.25, 0.3) is 0 Å². The lowest BCUT2D eigenvalue weighted by Crippen LogP contribution is -2.40. The Hall–Kier alpha value is -0.650. The van der Waals surface area contributed by atoms with Crippen LogP contribution in [-0.4, -0.2) is 42.6 Å². The number of rotatable bonds is 4. The summed E-state index contributed by atoms with van der Waals surface area (Å²) < 4.78 is 5.78. The Morgan fingerprint density at radius 1 is 1.32 bits per heavy atom. The van der Waals surface area contributed by atoms with Crippen LogP contribution in [-0.2, 0) is 9.53 Å². The largest absolute Gasteiger partial charge is 0.364 e. The standard InChI is InChI=1S/C14H27N3O2/c1-2-11-4-3-8-17(9-7-11)10-12-5-6-13(19-12)14(18)16-15/h11-13H,2-10,15H2,1H3,(H,16,18). The Morgan fingerprint density at radius 2 is 2.16 bits per heavy atom. The van der Waals surface area contributed by atoms with E-state index in [1.165, 1.54) is 38.8 Å². The topological polar surface area (TPSA) is 67.6 Å². The first-order valence-corrected chi connectivity index (χ1v) is 7.61. The molecule has 110 valence electrons. The first kappa shape index (κ1) is 14.8. The summed E-state index contributed by atoms with van der Waals surface area (Å²) in [5.41, 5.74) is 2.18. The Balaban J connectivity index is 1.74. The number of nitrogens with zero attached hydrogens (tertiary/aromatic N) is 1. The average Bonchev–Trinajstić information content (AvgIpc) is 2.77. The molecule has 2 aliphatic rings. The summed E-state index contributed by atoms with van der Waals surface area (Å²) in [4.78, 5) is 13.9. The molecule has 0 bridgehead atoms. The number of carbonyl (C=O) groups is 1. The Kier molecular flexibility index (Phi) is 5.60. The molecule has 2 rings (SSSR count). The van der Waals surface area contributed by atoms with Gasteiger partial charge in [0, 0.05) is 6.54 Å². The van der Waals surface area contributed by atoms with Crippen molar-refractivity contribution in [1.29, 1.82) is 0 Å². The highest BCUT2D eigenvalue weighted by atomic mass is 16.5. The van der Waals surface area contributed by atoms with E-state index in [0.717, 1.165) is 25.3 Å². The molecule has 0 aromatic rings. The minimum atomic E-state index is -0.342. The van der Waals surface area contributed by atoms with Crippen molar-refractivity contribution < 1.29 is 9.53 Å². The Morgan fingerprint density at radius 3 is 2.89 bits per heavy atom. The molecule has 2 fully saturated rings. The Bertz CT molecular complexity index is 298. The highest BCUT2D eigenvalue weighted by Gasteiger charge is 2.31. The number of hydrogen-bond donors (Lipinski definition) is 2. The average molecular weight is 269 g/mol. The smallest absolute Gasteiger partial charge is 0.263 e. The van der Waals surface area contributed by atoms with E-state index < -0.39 is 0 Å². The fraction of sp³-hybridized carbons (Fsp3) is 0.929. The molecule has 3 atom stereocenters. The lowest BCUT2D eigenvalue weighted by molar-refractivity contribution is -0.132. The van der Waals surface area contributed by atoms with Crippen molar-refractivity contribution in [3.8, 4) is 0 Å². The third-order valence-electron chi connectivity index (χ3n) is 4.52. The van der Waals surface area contributed by atoms with Gasteiger partial charge < -0.3 is 9.64 Å². The van der Waals surface area contributed by atoms with Crippen LogP contribution in [0.15, 0.2) is 0 Å². The minimum Gasteiger partial charge on any atom is -0.364 e. The van der Waals surface area contributed by atoms with Gasteiger partial charge in [-0.3, -0.25) is 10.2 Å². The van der Waals surface area contributed by atoms with Crippen LogP contribution in [0.5, 0.6) is 0 Å². The van der Waals surface area contributed by atoms with Crippen molar-refractivity contribution in [2.75, 3.05) is 19.6 Å². The van der Waals surface area contributed by atoms with Crippen LogP contribution in [0, 0.1) is 5.92 Å². The van der Waals surface area contributed by atoms with Gasteiger partial charge in [-0.15, -0.1) is 0 Å². The van der Waals surface area contributed by atoms with E-state index in [0.29, 0.717) is 0 Å². The van der Waals surface area contributed by atoms with Crippen LogP contribution >= 0.6 is 0 Å². The first-order chi connectivity index (χ1) is 9.22. The molecule has 0 spiro atoms. The van der Waals surface area contributed by atoms with Gasteiger partial charge in [0.1, 0.15) is 6.10 Å². The van der Waals surface area contributed by atoms with E-state index in [1.54, 1.807) is 0 Å². The van der Waals surface area contributed by atoms with Gasteiger partial charge in [-0.05, 0) is 51.1 Å². The molecule has 2 aliphatic heterocycles. The zero-order valence-electron chi connectivity index (χ0n) is 11.9. The minimum absolute atomic E-state index is 0.190. The van der Waals surface area contributed by atoms with Gasteiger partial charge in [0.15, 0.2) is 0 Å². The predicted molar refractivity (Wildman–Crippen MR) is 74.3 cm³/mol. The van der Waals surface area contributed by atoms with Crippen molar-refractivity contribution in [2.45, 2.75) is 57.7 Å². The molecule has 5 nitrogen and oxygen atoms in total. The van der Waals surface area contributed by atoms with Gasteiger partial charge in [-0.2, -0.15) is 0 Å². The van der Waals surface area contributed by atoms with E-state index in [1.807, 2.05) is 0 Å². The summed E-state index contributed by atoms with van der Waals surface area (Å²) in [7, 11) is 0. The number of ether oxygens (including phenoxy) is 1. The van der Waals surface area contributed by atoms with Gasteiger partial charge in [0.2, 0.25) is 0 Å². The van der Waals surface area contributed by atoms with Crippen molar-refractivity contribution in [3.63, 3.8) is 0 Å². The molecule has 2 heterocycles. The molecule has 2 saturated heterocycles. The van der Waals surface area contributed by atoms with Crippen LogP contribution in [0.2, 0.25) is 0 Å². The zero-order chi connectivity index (χ0) is 13.7. The summed E-state index contributed by atoms with van der Waals surface area (Å²) >= 11 is 0. The van der Waals surface area contributed by atoms with Crippen molar-refractivity contribution >= 4 is 5.91 Å². The second kappa shape index (κ2) is 7.22. The van der Waals surface area contributed by atoms with E-state index >= 15 is 0 Å². The molecule has 0 radical (unpaired) electrons. The van der Waals surface area contributed by atoms with Gasteiger partial charge in [0.05, 0.1) is 6.10 Å². The maximum atomic E-state index is 11.4. The number of amides is 1. The van der Waals surface area contributed by atoms with E-state index in [9.17, 15) is 4.79 Å². The predicted octanol–water partition coefficient (Wildman–Crippen LogP) is 1.04. The maximum absolute atomic E-state index is 11.4. The molecule has 3 unspecified atom stereocenters. The second-order valence-corrected chi connectivity index (χ2v) is 5.84. The van der Waals surface area contributed by atoms with Crippen LogP contribution in [0.3, 0.4) is 0 Å². The SMILES string of the molecule is CCC1CCCN(CC2CCC(C(=O)NN)O2)CC1. The first-order valence-electron chi connectivity index (χ1n) is 7.61. The molecule has 1 amide bonds. The summed E-state index contributed by atoms with van der Waals surface area (Å²) in [6.45, 7) is 5.59. The van der Waals surface area contributed by atoms with Gasteiger partial charge in [-0.1, -0.05) is 13.3 Å². The summed E-state index contributed by atoms with van der Waals surface area (Å²) in [5, 5.41) is 0. The summed E-state index contributed by atoms with van der Waals surface area (Å²) in [5.74, 6) is 5.85. The number of hydrazine groups is 1. The normalized spacial score (nSPS) is 33.1. The third kappa shape index (κ3) is 4.16. The van der Waals surface area contributed by atoms with E-state index in [2.05, 4.69) is 17.2 Å². The molecule has 5 heteroatoms. The van der Waals surface area contributed by atoms with E-state index in [4.69, 9.17) is 10.6 Å². The van der Waals surface area contributed by atoms with Gasteiger partial charge >= 0.3 is 0 Å². The fourth-order valence-corrected chi connectivity index (χ4v) is 3.23. The lowest BCUT2D eigenvalue weighted by Gasteiger charge is -2.23. The van der Waals surface area contributed by atoms with Crippen molar-refractivity contribution in [2.24, 2.45) is 11.8 Å². The molecule has 0 aromatic heterocycles. The molecular formula is C14H27N3O2. The van der Waals surface area contributed by atoms with Gasteiger partial charge in [-0.25, -0.2) is 5.84 Å². The molecule has 19 heavy (non-hydrogen) atoms. The quantitative estimate of drug-likeness (QED) is 0.454. The number of carbonyl (C=O) groups excluding carboxylic acids is 1. The highest BCUT2D eigenvalue weighted by molar-refractivity contribution is 5.80. The molecule has 3 N–H and O–H groups in total. The number of hydrogen-bond acceptors (Lipinski definition) is 4. The highest BCUT2D eigenvalue weighted by Crippen LogP contribution is 2.24. The van der Waals surface area contributed by atoms with Crippen LogP contribution < -0.4 is 11.3 Å². The fourth-order valence-electron chi connectivity index (χ4n) is 3.23. The number of nitrogens with one attached hydrogen (secondary N) is 1. The van der Waals surface area contributed by atoms with Crippen molar-refractivity contribution in [1.82, 2.24) is 10.3 Å². The second-order valence-electron chi connectivity index (χ2n) is 5.84. The third-order valence-corrected chi connectivity index (χ3v) is 4.52. The molecule has 0 aliphatic carbocycles. The zero-order valence-corrected chi connectivity index (χ0v) is 11.9. The lowest BCUT2D eigenvalue weighted by atomic mass is 9.98. The maximum Gasteiger partial charge on any atom is 0.263 e.